The van der Waals surface area contributed by atoms with Crippen LogP contribution in [0.3, 0.4) is 0 Å². The number of benzene rings is 1. The third kappa shape index (κ3) is 2.66. The number of rotatable bonds is 4. The SMILES string of the molecule is CC(Nc1ncnc2ccsc12)c1oc(=O)c2ccccc2c1-c1cn[nH]c1. The topological polar surface area (TPSA) is 96.7 Å². The highest BCUT2D eigenvalue weighted by Gasteiger charge is 2.22. The van der Waals surface area contributed by atoms with Crippen molar-refractivity contribution in [3.8, 4) is 11.1 Å². The largest absolute Gasteiger partial charge is 0.425 e. The van der Waals surface area contributed by atoms with Gasteiger partial charge in [0.2, 0.25) is 0 Å². The van der Waals surface area contributed by atoms with Gasteiger partial charge in [-0.25, -0.2) is 14.8 Å². The smallest absolute Gasteiger partial charge is 0.343 e. The molecule has 138 valence electrons. The zero-order valence-corrected chi connectivity index (χ0v) is 15.7. The summed E-state index contributed by atoms with van der Waals surface area (Å²) in [4.78, 5) is 21.2. The summed E-state index contributed by atoms with van der Waals surface area (Å²) < 4.78 is 6.73. The second kappa shape index (κ2) is 6.58. The Kier molecular flexibility index (Phi) is 3.91. The first-order valence-corrected chi connectivity index (χ1v) is 9.60. The molecule has 0 radical (unpaired) electrons. The Balaban J connectivity index is 1.69. The molecule has 0 aliphatic heterocycles. The Morgan fingerprint density at radius 1 is 1.18 bits per heavy atom. The van der Waals surface area contributed by atoms with E-state index in [-0.39, 0.29) is 11.7 Å². The molecule has 1 unspecified atom stereocenters. The molecule has 0 aliphatic rings. The Morgan fingerprint density at radius 3 is 2.86 bits per heavy atom. The number of aromatic amines is 1. The minimum absolute atomic E-state index is 0.303. The van der Waals surface area contributed by atoms with Crippen LogP contribution < -0.4 is 10.9 Å². The molecule has 7 nitrogen and oxygen atoms in total. The number of H-pyrrole nitrogens is 1. The van der Waals surface area contributed by atoms with Gasteiger partial charge in [0.25, 0.3) is 0 Å². The molecule has 5 aromatic rings. The fourth-order valence-corrected chi connectivity index (χ4v) is 4.17. The van der Waals surface area contributed by atoms with Gasteiger partial charge in [0.15, 0.2) is 0 Å². The molecular formula is C20H15N5O2S. The summed E-state index contributed by atoms with van der Waals surface area (Å²) in [7, 11) is 0. The Labute approximate surface area is 163 Å². The molecule has 1 aromatic carbocycles. The lowest BCUT2D eigenvalue weighted by molar-refractivity contribution is 0.453. The average Bonchev–Trinajstić information content (AvgIpc) is 3.40. The Bertz CT molecular complexity index is 1340. The minimum Gasteiger partial charge on any atom is -0.425 e. The van der Waals surface area contributed by atoms with E-state index in [1.165, 1.54) is 6.33 Å². The third-order valence-electron chi connectivity index (χ3n) is 4.64. The number of hydrogen-bond acceptors (Lipinski definition) is 7. The van der Waals surface area contributed by atoms with Gasteiger partial charge >= 0.3 is 5.63 Å². The first-order chi connectivity index (χ1) is 13.7. The van der Waals surface area contributed by atoms with E-state index < -0.39 is 0 Å². The van der Waals surface area contributed by atoms with Crippen LogP contribution in [0.25, 0.3) is 32.1 Å². The predicted octanol–water partition coefficient (Wildman–Crippen LogP) is 4.36. The van der Waals surface area contributed by atoms with E-state index in [1.807, 2.05) is 36.6 Å². The molecule has 0 spiro atoms. The molecule has 8 heteroatoms. The zero-order valence-electron chi connectivity index (χ0n) is 14.8. The highest BCUT2D eigenvalue weighted by Crippen LogP contribution is 2.35. The Morgan fingerprint density at radius 2 is 2.04 bits per heavy atom. The molecular weight excluding hydrogens is 374 g/mol. The molecule has 5 rings (SSSR count). The van der Waals surface area contributed by atoms with Crippen LogP contribution in [0.1, 0.15) is 18.7 Å². The maximum Gasteiger partial charge on any atom is 0.343 e. The highest BCUT2D eigenvalue weighted by molar-refractivity contribution is 7.17. The van der Waals surface area contributed by atoms with Crippen molar-refractivity contribution in [2.45, 2.75) is 13.0 Å². The van der Waals surface area contributed by atoms with Crippen molar-refractivity contribution in [2.75, 3.05) is 5.32 Å². The third-order valence-corrected chi connectivity index (χ3v) is 5.55. The molecule has 4 aromatic heterocycles. The summed E-state index contributed by atoms with van der Waals surface area (Å²) in [5.41, 5.74) is 2.20. The number of thiophene rings is 1. The van der Waals surface area contributed by atoms with Crippen LogP contribution in [0, 0.1) is 0 Å². The number of anilines is 1. The van der Waals surface area contributed by atoms with Crippen molar-refractivity contribution >= 4 is 38.1 Å². The molecule has 4 heterocycles. The molecule has 0 aliphatic carbocycles. The fourth-order valence-electron chi connectivity index (χ4n) is 3.37. The number of nitrogens with one attached hydrogen (secondary N) is 2. The first-order valence-electron chi connectivity index (χ1n) is 8.72. The van der Waals surface area contributed by atoms with Gasteiger partial charge in [-0.3, -0.25) is 5.10 Å². The fraction of sp³-hybridized carbons (Fsp3) is 0.100. The van der Waals surface area contributed by atoms with E-state index in [4.69, 9.17) is 4.42 Å². The number of nitrogens with zero attached hydrogens (tertiary/aromatic N) is 3. The normalized spacial score (nSPS) is 12.5. The summed E-state index contributed by atoms with van der Waals surface area (Å²) >= 11 is 1.56. The van der Waals surface area contributed by atoms with Crippen molar-refractivity contribution in [2.24, 2.45) is 0 Å². The van der Waals surface area contributed by atoms with Gasteiger partial charge in [0, 0.05) is 22.7 Å². The van der Waals surface area contributed by atoms with Crippen LogP contribution in [0.2, 0.25) is 0 Å². The van der Waals surface area contributed by atoms with Crippen LogP contribution in [-0.4, -0.2) is 20.2 Å². The number of fused-ring (bicyclic) bond motifs is 2. The second-order valence-electron chi connectivity index (χ2n) is 6.38. The van der Waals surface area contributed by atoms with Crippen LogP contribution in [0.4, 0.5) is 5.82 Å². The van der Waals surface area contributed by atoms with Crippen molar-refractivity contribution in [3.05, 3.63) is 70.6 Å². The van der Waals surface area contributed by atoms with Crippen molar-refractivity contribution in [1.29, 1.82) is 0 Å². The summed E-state index contributed by atoms with van der Waals surface area (Å²) in [6.45, 7) is 1.94. The van der Waals surface area contributed by atoms with Gasteiger partial charge in [-0.1, -0.05) is 18.2 Å². The average molecular weight is 389 g/mol. The molecule has 0 saturated carbocycles. The van der Waals surface area contributed by atoms with E-state index in [9.17, 15) is 4.79 Å². The minimum atomic E-state index is -0.365. The van der Waals surface area contributed by atoms with E-state index in [2.05, 4.69) is 25.5 Å². The van der Waals surface area contributed by atoms with Gasteiger partial charge < -0.3 is 9.73 Å². The lowest BCUT2D eigenvalue weighted by Gasteiger charge is -2.18. The molecule has 0 fully saturated rings. The second-order valence-corrected chi connectivity index (χ2v) is 7.30. The van der Waals surface area contributed by atoms with Crippen LogP contribution in [0.15, 0.2) is 63.6 Å². The van der Waals surface area contributed by atoms with Crippen LogP contribution in [0.5, 0.6) is 0 Å². The molecule has 0 amide bonds. The standard InChI is InChI=1S/C20H15N5O2S/c1-11(25-19-18-15(6-7-28-18)21-10-22-19)17-16(12-8-23-24-9-12)13-4-2-3-5-14(13)20(26)27-17/h2-11H,1H3,(H,23,24)(H,21,22,25). The summed E-state index contributed by atoms with van der Waals surface area (Å²) in [6, 6.07) is 9.08. The molecule has 1 atom stereocenters. The summed E-state index contributed by atoms with van der Waals surface area (Å²) in [5, 5.41) is 13.6. The first kappa shape index (κ1) is 16.6. The van der Waals surface area contributed by atoms with Gasteiger partial charge in [-0.05, 0) is 24.4 Å². The molecule has 0 saturated heterocycles. The maximum atomic E-state index is 12.6. The predicted molar refractivity (Wildman–Crippen MR) is 110 cm³/mol. The lowest BCUT2D eigenvalue weighted by Crippen LogP contribution is -2.13. The Hall–Kier alpha value is -3.52. The van der Waals surface area contributed by atoms with Crippen molar-refractivity contribution in [1.82, 2.24) is 20.2 Å². The number of aromatic nitrogens is 4. The van der Waals surface area contributed by atoms with Crippen LogP contribution >= 0.6 is 11.3 Å². The van der Waals surface area contributed by atoms with Gasteiger partial charge in [-0.2, -0.15) is 5.10 Å². The van der Waals surface area contributed by atoms with Crippen molar-refractivity contribution in [3.63, 3.8) is 0 Å². The van der Waals surface area contributed by atoms with Crippen LogP contribution in [-0.2, 0) is 0 Å². The molecule has 0 bridgehead atoms. The lowest BCUT2D eigenvalue weighted by atomic mass is 9.98. The molecule has 2 N–H and O–H groups in total. The van der Waals surface area contributed by atoms with E-state index >= 15 is 0 Å². The van der Waals surface area contributed by atoms with Gasteiger partial charge in [-0.15, -0.1) is 11.3 Å². The van der Waals surface area contributed by atoms with E-state index in [0.29, 0.717) is 17.0 Å². The van der Waals surface area contributed by atoms with E-state index in [1.54, 1.807) is 29.8 Å². The highest BCUT2D eigenvalue weighted by atomic mass is 32.1. The quantitative estimate of drug-likeness (QED) is 0.474. The van der Waals surface area contributed by atoms with Gasteiger partial charge in [0.05, 0.1) is 27.8 Å². The zero-order chi connectivity index (χ0) is 19.1. The van der Waals surface area contributed by atoms with Crippen molar-refractivity contribution < 1.29 is 4.42 Å². The maximum absolute atomic E-state index is 12.6. The summed E-state index contributed by atoms with van der Waals surface area (Å²) in [5.74, 6) is 1.25. The summed E-state index contributed by atoms with van der Waals surface area (Å²) in [6.07, 6.45) is 5.04. The molecule has 28 heavy (non-hydrogen) atoms. The van der Waals surface area contributed by atoms with Gasteiger partial charge in [0.1, 0.15) is 17.9 Å². The monoisotopic (exact) mass is 389 g/mol. The number of hydrogen-bond donors (Lipinski definition) is 2. The van der Waals surface area contributed by atoms with E-state index in [0.717, 1.165) is 26.7 Å².